The molecule has 0 fully saturated rings. The van der Waals surface area contributed by atoms with E-state index in [0.717, 1.165) is 5.56 Å². The predicted octanol–water partition coefficient (Wildman–Crippen LogP) is 3.29. The smallest absolute Gasteiger partial charge is 0.258 e. The van der Waals surface area contributed by atoms with Gasteiger partial charge in [0.2, 0.25) is 0 Å². The summed E-state index contributed by atoms with van der Waals surface area (Å²) in [6.07, 6.45) is 0. The number of aromatic amines is 1. The summed E-state index contributed by atoms with van der Waals surface area (Å²) in [6, 6.07) is 12.5. The Bertz CT molecular complexity index is 1040. The Balaban J connectivity index is 1.95. The molecule has 0 spiro atoms. The maximum atomic E-state index is 13.1. The van der Waals surface area contributed by atoms with Crippen LogP contribution >= 0.6 is 0 Å². The molecular weight excluding hydrogens is 342 g/mol. The molecule has 6 heteroatoms. The molecule has 3 rings (SSSR count). The molecule has 140 valence electrons. The molecule has 0 aliphatic carbocycles. The monoisotopic (exact) mass is 365 g/mol. The molecule has 0 saturated heterocycles. The van der Waals surface area contributed by atoms with Gasteiger partial charge in [0.05, 0.1) is 24.6 Å². The van der Waals surface area contributed by atoms with Crippen LogP contribution in [0, 0.1) is 6.92 Å². The number of amides is 1. The first kappa shape index (κ1) is 18.6. The number of ether oxygens (including phenoxy) is 1. The van der Waals surface area contributed by atoms with Crippen LogP contribution in [-0.4, -0.2) is 33.9 Å². The summed E-state index contributed by atoms with van der Waals surface area (Å²) < 4.78 is 5.33. The molecule has 0 radical (unpaired) electrons. The Morgan fingerprint density at radius 2 is 1.96 bits per heavy atom. The first-order chi connectivity index (χ1) is 12.9. The maximum Gasteiger partial charge on any atom is 0.258 e. The van der Waals surface area contributed by atoms with Crippen molar-refractivity contribution in [1.29, 1.82) is 0 Å². The van der Waals surface area contributed by atoms with Gasteiger partial charge in [-0.05, 0) is 50.6 Å². The fraction of sp³-hybridized carbons (Fsp3) is 0.286. The van der Waals surface area contributed by atoms with Crippen LogP contribution in [0.15, 0.2) is 47.3 Å². The zero-order valence-corrected chi connectivity index (χ0v) is 15.9. The van der Waals surface area contributed by atoms with E-state index in [1.54, 1.807) is 42.3 Å². The lowest BCUT2D eigenvalue weighted by molar-refractivity contribution is 0.0684. The minimum atomic E-state index is -0.205. The number of aryl methyl sites for hydroxylation is 1. The van der Waals surface area contributed by atoms with E-state index in [4.69, 9.17) is 4.74 Å². The Morgan fingerprint density at radius 3 is 2.67 bits per heavy atom. The van der Waals surface area contributed by atoms with E-state index in [9.17, 15) is 9.59 Å². The van der Waals surface area contributed by atoms with E-state index in [2.05, 4.69) is 9.97 Å². The van der Waals surface area contributed by atoms with E-state index in [1.165, 1.54) is 0 Å². The highest BCUT2D eigenvalue weighted by molar-refractivity contribution is 5.95. The van der Waals surface area contributed by atoms with Crippen molar-refractivity contribution >= 4 is 16.8 Å². The number of nitrogens with one attached hydrogen (secondary N) is 1. The van der Waals surface area contributed by atoms with Crippen LogP contribution in [0.4, 0.5) is 0 Å². The Kier molecular flexibility index (Phi) is 5.26. The molecule has 27 heavy (non-hydrogen) atoms. The molecule has 1 aromatic heterocycles. The van der Waals surface area contributed by atoms with Crippen molar-refractivity contribution in [2.45, 2.75) is 33.4 Å². The molecule has 0 unspecified atom stereocenters. The molecule has 0 aliphatic rings. The highest BCUT2D eigenvalue weighted by atomic mass is 16.5. The Labute approximate surface area is 157 Å². The van der Waals surface area contributed by atoms with Crippen LogP contribution in [0.25, 0.3) is 10.9 Å². The quantitative estimate of drug-likeness (QED) is 0.753. The number of rotatable bonds is 5. The summed E-state index contributed by atoms with van der Waals surface area (Å²) in [6.45, 7) is 6.01. The van der Waals surface area contributed by atoms with Crippen molar-refractivity contribution in [3.8, 4) is 5.75 Å². The highest BCUT2D eigenvalue weighted by Crippen LogP contribution is 2.21. The first-order valence-electron chi connectivity index (χ1n) is 8.84. The van der Waals surface area contributed by atoms with Gasteiger partial charge in [0, 0.05) is 11.6 Å². The minimum Gasteiger partial charge on any atom is -0.496 e. The van der Waals surface area contributed by atoms with Crippen LogP contribution < -0.4 is 10.3 Å². The summed E-state index contributed by atoms with van der Waals surface area (Å²) >= 11 is 0. The zero-order valence-electron chi connectivity index (χ0n) is 15.9. The van der Waals surface area contributed by atoms with Gasteiger partial charge >= 0.3 is 0 Å². The Morgan fingerprint density at radius 1 is 1.22 bits per heavy atom. The van der Waals surface area contributed by atoms with Gasteiger partial charge in [0.1, 0.15) is 11.6 Å². The Hall–Kier alpha value is -3.15. The number of benzene rings is 2. The molecule has 6 nitrogen and oxygen atoms in total. The van der Waals surface area contributed by atoms with Crippen LogP contribution in [0.1, 0.15) is 35.6 Å². The van der Waals surface area contributed by atoms with Crippen molar-refractivity contribution < 1.29 is 9.53 Å². The van der Waals surface area contributed by atoms with Crippen molar-refractivity contribution in [3.63, 3.8) is 0 Å². The third kappa shape index (κ3) is 3.84. The van der Waals surface area contributed by atoms with E-state index < -0.39 is 0 Å². The molecule has 0 aliphatic heterocycles. The molecule has 1 heterocycles. The van der Waals surface area contributed by atoms with Gasteiger partial charge in [0.25, 0.3) is 11.5 Å². The van der Waals surface area contributed by atoms with Crippen molar-refractivity contribution in [3.05, 3.63) is 69.8 Å². The third-order valence-corrected chi connectivity index (χ3v) is 4.52. The van der Waals surface area contributed by atoms with Gasteiger partial charge in [-0.25, -0.2) is 4.98 Å². The second-order valence-corrected chi connectivity index (χ2v) is 6.74. The van der Waals surface area contributed by atoms with E-state index in [1.807, 2.05) is 32.9 Å². The van der Waals surface area contributed by atoms with Crippen molar-refractivity contribution in [2.24, 2.45) is 0 Å². The normalized spacial score (nSPS) is 11.0. The predicted molar refractivity (Wildman–Crippen MR) is 105 cm³/mol. The number of H-pyrrole nitrogens is 1. The fourth-order valence-corrected chi connectivity index (χ4v) is 2.98. The molecule has 2 aromatic carbocycles. The SMILES string of the molecule is COc1cc(C(=O)N(Cc2nc3ccccc3c(=O)[nH]2)C(C)C)ccc1C. The number of fused-ring (bicyclic) bond motifs is 1. The molecule has 1 N–H and O–H groups in total. The average Bonchev–Trinajstić information content (AvgIpc) is 2.66. The number of carbonyl (C=O) groups is 1. The molecule has 0 saturated carbocycles. The third-order valence-electron chi connectivity index (χ3n) is 4.52. The zero-order chi connectivity index (χ0) is 19.6. The van der Waals surface area contributed by atoms with Gasteiger partial charge in [0.15, 0.2) is 0 Å². The maximum absolute atomic E-state index is 13.1. The lowest BCUT2D eigenvalue weighted by atomic mass is 10.1. The molecule has 3 aromatic rings. The second-order valence-electron chi connectivity index (χ2n) is 6.74. The summed E-state index contributed by atoms with van der Waals surface area (Å²) in [5, 5.41) is 0.534. The average molecular weight is 365 g/mol. The van der Waals surface area contributed by atoms with Crippen LogP contribution in [0.5, 0.6) is 5.75 Å². The van der Waals surface area contributed by atoms with E-state index in [0.29, 0.717) is 28.0 Å². The van der Waals surface area contributed by atoms with Crippen LogP contribution in [-0.2, 0) is 6.54 Å². The molecular formula is C21H23N3O3. The summed E-state index contributed by atoms with van der Waals surface area (Å²) in [5.74, 6) is 0.987. The van der Waals surface area contributed by atoms with E-state index in [-0.39, 0.29) is 24.1 Å². The number of nitrogens with zero attached hydrogens (tertiary/aromatic N) is 2. The van der Waals surface area contributed by atoms with Crippen LogP contribution in [0.3, 0.4) is 0 Å². The van der Waals surface area contributed by atoms with Crippen molar-refractivity contribution in [2.75, 3.05) is 7.11 Å². The van der Waals surface area contributed by atoms with Gasteiger partial charge in [-0.3, -0.25) is 9.59 Å². The molecule has 0 bridgehead atoms. The summed E-state index contributed by atoms with van der Waals surface area (Å²) in [7, 11) is 1.58. The molecule has 1 amide bonds. The number of methoxy groups -OCH3 is 1. The fourth-order valence-electron chi connectivity index (χ4n) is 2.98. The summed E-state index contributed by atoms with van der Waals surface area (Å²) in [5.41, 5.74) is 1.91. The largest absolute Gasteiger partial charge is 0.496 e. The second kappa shape index (κ2) is 7.61. The number of hydrogen-bond donors (Lipinski definition) is 1. The number of hydrogen-bond acceptors (Lipinski definition) is 4. The minimum absolute atomic E-state index is 0.0680. The van der Waals surface area contributed by atoms with Crippen molar-refractivity contribution in [1.82, 2.24) is 14.9 Å². The van der Waals surface area contributed by atoms with E-state index >= 15 is 0 Å². The van der Waals surface area contributed by atoms with Gasteiger partial charge < -0.3 is 14.6 Å². The van der Waals surface area contributed by atoms with Gasteiger partial charge in [-0.1, -0.05) is 18.2 Å². The highest BCUT2D eigenvalue weighted by Gasteiger charge is 2.21. The van der Waals surface area contributed by atoms with Gasteiger partial charge in [-0.2, -0.15) is 0 Å². The lowest BCUT2D eigenvalue weighted by Crippen LogP contribution is -2.37. The van der Waals surface area contributed by atoms with Crippen LogP contribution in [0.2, 0.25) is 0 Å². The summed E-state index contributed by atoms with van der Waals surface area (Å²) in [4.78, 5) is 34.3. The first-order valence-corrected chi connectivity index (χ1v) is 8.84. The number of aromatic nitrogens is 2. The topological polar surface area (TPSA) is 75.3 Å². The lowest BCUT2D eigenvalue weighted by Gasteiger charge is -2.26. The number of carbonyl (C=O) groups excluding carboxylic acids is 1. The number of para-hydroxylation sites is 1. The van der Waals surface area contributed by atoms with Gasteiger partial charge in [-0.15, -0.1) is 0 Å². The molecule has 0 atom stereocenters. The standard InChI is InChI=1S/C21H23N3O3/c1-13(2)24(21(26)15-10-9-14(3)18(11-15)27-4)12-19-22-17-8-6-5-7-16(17)20(25)23-19/h5-11,13H,12H2,1-4H3,(H,22,23,25).